The molecule has 1 rings (SSSR count). The van der Waals surface area contributed by atoms with Gasteiger partial charge in [-0.2, -0.15) is 0 Å². The molecule has 0 fully saturated rings. The van der Waals surface area contributed by atoms with Crippen molar-refractivity contribution in [2.45, 2.75) is 51.7 Å². The molecule has 10 heteroatoms. The van der Waals surface area contributed by atoms with Gasteiger partial charge in [-0.1, -0.05) is 50.4 Å². The highest BCUT2D eigenvalue weighted by Crippen LogP contribution is 2.44. The van der Waals surface area contributed by atoms with Gasteiger partial charge in [-0.05, 0) is 37.0 Å². The Balaban J connectivity index is 2.92. The molecule has 2 atom stereocenters. The van der Waals surface area contributed by atoms with Gasteiger partial charge in [0.2, 0.25) is 11.8 Å². The summed E-state index contributed by atoms with van der Waals surface area (Å²) in [5.74, 6) is -1.43. The highest BCUT2D eigenvalue weighted by Gasteiger charge is 2.37. The summed E-state index contributed by atoms with van der Waals surface area (Å²) in [5.41, 5.74) is -1.09. The lowest BCUT2D eigenvalue weighted by atomic mass is 10.1. The molecule has 152 valence electrons. The van der Waals surface area contributed by atoms with E-state index >= 15 is 0 Å². The Morgan fingerprint density at radius 3 is 2.26 bits per heavy atom. The van der Waals surface area contributed by atoms with Crippen LogP contribution >= 0.6 is 30.8 Å². The molecule has 0 bridgehead atoms. The lowest BCUT2D eigenvalue weighted by Gasteiger charge is -2.23. The van der Waals surface area contributed by atoms with Crippen LogP contribution in [0, 0.1) is 5.92 Å². The van der Waals surface area contributed by atoms with Crippen LogP contribution < -0.4 is 10.6 Å². The largest absolute Gasteiger partial charge is 0.343 e. The van der Waals surface area contributed by atoms with E-state index in [0.717, 1.165) is 0 Å². The Kier molecular flexibility index (Phi) is 9.25. The highest BCUT2D eigenvalue weighted by molar-refractivity contribution is 7.53. The van der Waals surface area contributed by atoms with E-state index in [1.54, 1.807) is 19.9 Å². The average molecular weight is 439 g/mol. The normalized spacial score (nSPS) is 13.9. The van der Waals surface area contributed by atoms with Crippen LogP contribution in [0.4, 0.5) is 5.69 Å². The Morgan fingerprint density at radius 1 is 1.15 bits per heavy atom. The zero-order chi connectivity index (χ0) is 20.8. The molecule has 0 aliphatic heterocycles. The molecule has 0 saturated carbocycles. The van der Waals surface area contributed by atoms with Crippen molar-refractivity contribution < 1.29 is 23.9 Å². The minimum absolute atomic E-state index is 0.0172. The van der Waals surface area contributed by atoms with E-state index in [1.807, 2.05) is 6.92 Å². The van der Waals surface area contributed by atoms with Crippen molar-refractivity contribution in [1.82, 2.24) is 5.32 Å². The predicted octanol–water partition coefficient (Wildman–Crippen LogP) is 3.81. The maximum Gasteiger partial charge on any atom is 0.337 e. The van der Waals surface area contributed by atoms with Crippen LogP contribution in [0.2, 0.25) is 10.0 Å². The van der Waals surface area contributed by atoms with Gasteiger partial charge in [-0.3, -0.25) is 14.2 Å². The van der Waals surface area contributed by atoms with Gasteiger partial charge in [-0.15, -0.1) is 0 Å². The molecule has 0 saturated heterocycles. The van der Waals surface area contributed by atoms with Gasteiger partial charge in [0, 0.05) is 5.69 Å². The minimum atomic E-state index is -4.65. The van der Waals surface area contributed by atoms with Crippen LogP contribution in [0.1, 0.15) is 40.0 Å². The summed E-state index contributed by atoms with van der Waals surface area (Å²) in [7, 11) is -4.65. The molecule has 0 aliphatic rings. The van der Waals surface area contributed by atoms with Gasteiger partial charge in [-0.25, -0.2) is 0 Å². The van der Waals surface area contributed by atoms with Gasteiger partial charge in [0.1, 0.15) is 11.7 Å². The second kappa shape index (κ2) is 10.4. The van der Waals surface area contributed by atoms with Crippen LogP contribution in [-0.2, 0) is 14.2 Å². The number of hydrogen-bond donors (Lipinski definition) is 4. The van der Waals surface area contributed by atoms with E-state index in [2.05, 4.69) is 10.6 Å². The minimum Gasteiger partial charge on any atom is -0.343 e. The van der Waals surface area contributed by atoms with E-state index in [4.69, 9.17) is 23.2 Å². The van der Waals surface area contributed by atoms with Gasteiger partial charge in [0.15, 0.2) is 0 Å². The summed E-state index contributed by atoms with van der Waals surface area (Å²) in [5, 5.41) is 5.71. The first-order valence-electron chi connectivity index (χ1n) is 8.57. The van der Waals surface area contributed by atoms with Crippen LogP contribution in [0.3, 0.4) is 0 Å². The number of nitrogens with one attached hydrogen (secondary N) is 2. The molecule has 7 nitrogen and oxygen atoms in total. The van der Waals surface area contributed by atoms with Crippen LogP contribution in [0.25, 0.3) is 0 Å². The van der Waals surface area contributed by atoms with Crippen molar-refractivity contribution in [3.8, 4) is 0 Å². The molecule has 0 spiro atoms. The van der Waals surface area contributed by atoms with E-state index in [-0.39, 0.29) is 17.4 Å². The van der Waals surface area contributed by atoms with E-state index in [0.29, 0.717) is 23.6 Å². The zero-order valence-electron chi connectivity index (χ0n) is 15.4. The summed E-state index contributed by atoms with van der Waals surface area (Å²) < 4.78 is 11.7. The topological polar surface area (TPSA) is 116 Å². The van der Waals surface area contributed by atoms with Gasteiger partial charge in [0.25, 0.3) is 0 Å². The SMILES string of the molecule is CCCC(NC(=O)C(CC(C)C)P(=O)(O)O)C(=O)Nc1ccc(Cl)c(Cl)c1. The number of carbonyl (C=O) groups is 2. The molecule has 27 heavy (non-hydrogen) atoms. The van der Waals surface area contributed by atoms with Crippen molar-refractivity contribution in [3.05, 3.63) is 28.2 Å². The summed E-state index contributed by atoms with van der Waals surface area (Å²) in [6.45, 7) is 5.35. The third-order valence-electron chi connectivity index (χ3n) is 3.80. The summed E-state index contributed by atoms with van der Waals surface area (Å²) in [4.78, 5) is 44.0. The van der Waals surface area contributed by atoms with Crippen LogP contribution in [0.5, 0.6) is 0 Å². The molecule has 2 unspecified atom stereocenters. The number of hydrogen-bond acceptors (Lipinski definition) is 3. The van der Waals surface area contributed by atoms with E-state index in [1.165, 1.54) is 12.1 Å². The molecule has 1 aromatic rings. The quantitative estimate of drug-likeness (QED) is 0.437. The molecule has 0 radical (unpaired) electrons. The lowest BCUT2D eigenvalue weighted by Crippen LogP contribution is -2.47. The maximum atomic E-state index is 12.5. The fraction of sp³-hybridized carbons (Fsp3) is 0.529. The average Bonchev–Trinajstić information content (AvgIpc) is 2.54. The van der Waals surface area contributed by atoms with Crippen molar-refractivity contribution in [1.29, 1.82) is 0 Å². The monoisotopic (exact) mass is 438 g/mol. The van der Waals surface area contributed by atoms with Gasteiger partial charge < -0.3 is 20.4 Å². The molecule has 0 heterocycles. The molecule has 0 aliphatic carbocycles. The van der Waals surface area contributed by atoms with E-state index < -0.39 is 31.1 Å². The number of halogens is 2. The Labute approximate surface area is 169 Å². The fourth-order valence-corrected chi connectivity index (χ4v) is 3.85. The lowest BCUT2D eigenvalue weighted by molar-refractivity contribution is -0.126. The van der Waals surface area contributed by atoms with Crippen molar-refractivity contribution in [3.63, 3.8) is 0 Å². The number of benzene rings is 1. The first kappa shape index (κ1) is 23.9. The maximum absolute atomic E-state index is 12.5. The van der Waals surface area contributed by atoms with Crippen LogP contribution in [-0.4, -0.2) is 33.3 Å². The zero-order valence-corrected chi connectivity index (χ0v) is 17.8. The highest BCUT2D eigenvalue weighted by atomic mass is 35.5. The fourth-order valence-electron chi connectivity index (χ4n) is 2.47. The molecular formula is C17H25Cl2N2O5P. The number of anilines is 1. The number of carbonyl (C=O) groups excluding carboxylic acids is 2. The standard InChI is InChI=1S/C17H25Cl2N2O5P/c1-4-5-14(16(22)20-11-6-7-12(18)13(19)9-11)21-17(23)15(8-10(2)3)27(24,25)26/h6-7,9-10,14-15H,4-5,8H2,1-3H3,(H,20,22)(H,21,23)(H2,24,25,26). The van der Waals surface area contributed by atoms with E-state index in [9.17, 15) is 23.9 Å². The molecule has 2 amide bonds. The van der Waals surface area contributed by atoms with Gasteiger partial charge >= 0.3 is 7.60 Å². The van der Waals surface area contributed by atoms with Crippen molar-refractivity contribution in [2.24, 2.45) is 5.92 Å². The third-order valence-corrected chi connectivity index (χ3v) is 5.80. The Bertz CT molecular complexity index is 723. The Morgan fingerprint density at radius 2 is 1.78 bits per heavy atom. The summed E-state index contributed by atoms with van der Waals surface area (Å²) >= 11 is 11.8. The first-order valence-corrected chi connectivity index (χ1v) is 11.0. The van der Waals surface area contributed by atoms with Crippen molar-refractivity contribution >= 4 is 48.3 Å². The third kappa shape index (κ3) is 7.80. The Hall–Kier alpha value is -1.11. The smallest absolute Gasteiger partial charge is 0.337 e. The summed E-state index contributed by atoms with van der Waals surface area (Å²) in [6.07, 6.45) is 0.919. The van der Waals surface area contributed by atoms with Crippen LogP contribution in [0.15, 0.2) is 18.2 Å². The molecular weight excluding hydrogens is 414 g/mol. The predicted molar refractivity (Wildman–Crippen MR) is 107 cm³/mol. The van der Waals surface area contributed by atoms with Gasteiger partial charge in [0.05, 0.1) is 10.0 Å². The first-order chi connectivity index (χ1) is 12.5. The summed E-state index contributed by atoms with van der Waals surface area (Å²) in [6, 6.07) is 3.63. The number of amides is 2. The van der Waals surface area contributed by atoms with Crippen molar-refractivity contribution in [2.75, 3.05) is 5.32 Å². The molecule has 1 aromatic carbocycles. The molecule has 4 N–H and O–H groups in total. The number of rotatable bonds is 9. The molecule has 0 aromatic heterocycles. The second-order valence-electron chi connectivity index (χ2n) is 6.70. The second-order valence-corrected chi connectivity index (χ2v) is 9.32.